The van der Waals surface area contributed by atoms with Crippen molar-refractivity contribution in [2.24, 2.45) is 10.9 Å². The van der Waals surface area contributed by atoms with Gasteiger partial charge >= 0.3 is 0 Å². The second-order valence-electron chi connectivity index (χ2n) is 3.00. The van der Waals surface area contributed by atoms with Gasteiger partial charge in [0, 0.05) is 19.0 Å². The minimum atomic E-state index is 0.133. The molecule has 0 rings (SSSR count). The summed E-state index contributed by atoms with van der Waals surface area (Å²) < 4.78 is 0. The molecule has 0 spiro atoms. The number of rotatable bonds is 6. The number of amidine groups is 1. The van der Waals surface area contributed by atoms with Crippen molar-refractivity contribution in [3.63, 3.8) is 0 Å². The lowest BCUT2D eigenvalue weighted by Gasteiger charge is -2.26. The minimum Gasteiger partial charge on any atom is -0.409 e. The van der Waals surface area contributed by atoms with Gasteiger partial charge < -0.3 is 16.0 Å². The molecule has 1 atom stereocenters. The number of hydrogen-bond acceptors (Lipinski definition) is 4. The monoisotopic (exact) mass is 189 g/mol. The Morgan fingerprint density at radius 3 is 2.62 bits per heavy atom. The second kappa shape index (κ2) is 6.68. The molecule has 0 bridgehead atoms. The Labute approximate surface area is 78.8 Å². The second-order valence-corrected chi connectivity index (χ2v) is 3.00. The maximum Gasteiger partial charge on any atom is 0.140 e. The molecular weight excluding hydrogens is 170 g/mol. The van der Waals surface area contributed by atoms with Crippen LogP contribution in [0.1, 0.15) is 20.3 Å². The first kappa shape index (κ1) is 12.2. The summed E-state index contributed by atoms with van der Waals surface area (Å²) in [4.78, 5) is 2.07. The summed E-state index contributed by atoms with van der Waals surface area (Å²) in [5.74, 6) is 0.226. The fourth-order valence-electron chi connectivity index (χ4n) is 1.29. The van der Waals surface area contributed by atoms with E-state index in [1.807, 2.05) is 13.8 Å². The largest absolute Gasteiger partial charge is 0.409 e. The van der Waals surface area contributed by atoms with Crippen LogP contribution in [0.4, 0.5) is 0 Å². The van der Waals surface area contributed by atoms with Gasteiger partial charge in [-0.15, -0.1) is 0 Å². The van der Waals surface area contributed by atoms with Crippen molar-refractivity contribution >= 4 is 5.84 Å². The Balaban J connectivity index is 3.97. The van der Waals surface area contributed by atoms with Crippen LogP contribution >= 0.6 is 0 Å². The molecule has 0 aromatic heterocycles. The van der Waals surface area contributed by atoms with E-state index >= 15 is 0 Å². The molecule has 0 aromatic carbocycles. The van der Waals surface area contributed by atoms with Gasteiger partial charge in [-0.2, -0.15) is 0 Å². The number of nitrogens with two attached hydrogens (primary N) is 1. The van der Waals surface area contributed by atoms with Crippen molar-refractivity contribution < 1.29 is 10.3 Å². The first-order valence-corrected chi connectivity index (χ1v) is 4.47. The Hall–Kier alpha value is -0.810. The number of aliphatic hydroxyl groups excluding tert-OH is 1. The maximum atomic E-state index is 8.76. The topological polar surface area (TPSA) is 82.1 Å². The highest BCUT2D eigenvalue weighted by Crippen LogP contribution is 2.02. The number of aliphatic hydroxyl groups is 1. The van der Waals surface area contributed by atoms with Gasteiger partial charge in [-0.1, -0.05) is 12.1 Å². The highest BCUT2D eigenvalue weighted by Gasteiger charge is 2.12. The summed E-state index contributed by atoms with van der Waals surface area (Å²) in [7, 11) is 0. The van der Waals surface area contributed by atoms with Crippen LogP contribution in [0.2, 0.25) is 0 Å². The van der Waals surface area contributed by atoms with E-state index in [-0.39, 0.29) is 18.5 Å². The Bertz CT molecular complexity index is 161. The molecule has 0 saturated carbocycles. The van der Waals surface area contributed by atoms with Crippen molar-refractivity contribution in [3.05, 3.63) is 0 Å². The lowest BCUT2D eigenvalue weighted by atomic mass is 10.2. The summed E-state index contributed by atoms with van der Waals surface area (Å²) in [6, 6.07) is 0.188. The van der Waals surface area contributed by atoms with E-state index < -0.39 is 0 Å². The average Bonchev–Trinajstić information content (AvgIpc) is 2.13. The van der Waals surface area contributed by atoms with E-state index in [1.54, 1.807) is 0 Å². The number of likely N-dealkylation sites (N-methyl/N-ethyl adjacent to an activating group) is 1. The molecule has 0 saturated heterocycles. The predicted molar refractivity (Wildman–Crippen MR) is 51.8 cm³/mol. The van der Waals surface area contributed by atoms with Crippen LogP contribution in [0.3, 0.4) is 0 Å². The smallest absolute Gasteiger partial charge is 0.140 e. The van der Waals surface area contributed by atoms with Gasteiger partial charge in [0.2, 0.25) is 0 Å². The summed E-state index contributed by atoms with van der Waals surface area (Å²) in [6.45, 7) is 5.60. The van der Waals surface area contributed by atoms with E-state index in [4.69, 9.17) is 16.0 Å². The van der Waals surface area contributed by atoms with Gasteiger partial charge in [0.15, 0.2) is 0 Å². The predicted octanol–water partition coefficient (Wildman–Crippen LogP) is -0.174. The molecule has 0 aliphatic heterocycles. The van der Waals surface area contributed by atoms with Gasteiger partial charge in [-0.25, -0.2) is 0 Å². The molecule has 0 aromatic rings. The first-order valence-electron chi connectivity index (χ1n) is 4.47. The third-order valence-electron chi connectivity index (χ3n) is 2.05. The van der Waals surface area contributed by atoms with E-state index in [0.29, 0.717) is 13.0 Å². The van der Waals surface area contributed by atoms with Gasteiger partial charge in [0.25, 0.3) is 0 Å². The van der Waals surface area contributed by atoms with Gasteiger partial charge in [-0.05, 0) is 13.5 Å². The zero-order chi connectivity index (χ0) is 10.3. The van der Waals surface area contributed by atoms with E-state index in [0.717, 1.165) is 6.54 Å². The molecule has 0 aliphatic rings. The average molecular weight is 189 g/mol. The van der Waals surface area contributed by atoms with Crippen LogP contribution in [0, 0.1) is 0 Å². The van der Waals surface area contributed by atoms with Gasteiger partial charge in [0.05, 0.1) is 6.61 Å². The van der Waals surface area contributed by atoms with Crippen molar-refractivity contribution in [1.82, 2.24) is 4.90 Å². The zero-order valence-corrected chi connectivity index (χ0v) is 8.27. The number of oxime groups is 1. The fraction of sp³-hybridized carbons (Fsp3) is 0.875. The first-order chi connectivity index (χ1) is 6.15. The summed E-state index contributed by atoms with van der Waals surface area (Å²) in [5.41, 5.74) is 5.37. The van der Waals surface area contributed by atoms with Crippen LogP contribution in [0.25, 0.3) is 0 Å². The molecule has 0 aliphatic carbocycles. The summed E-state index contributed by atoms with van der Waals surface area (Å²) in [5, 5.41) is 20.0. The van der Waals surface area contributed by atoms with Gasteiger partial charge in [-0.3, -0.25) is 4.90 Å². The van der Waals surface area contributed by atoms with Crippen molar-refractivity contribution in [2.75, 3.05) is 19.7 Å². The standard InChI is InChI=1S/C8H19N3O2/c1-3-11(4-5-12)7(2)6-8(9)10-13/h7,12-13H,3-6H2,1-2H3,(H2,9,10). The van der Waals surface area contributed by atoms with Crippen LogP contribution < -0.4 is 5.73 Å². The lowest BCUT2D eigenvalue weighted by molar-refractivity contribution is 0.166. The molecule has 4 N–H and O–H groups in total. The van der Waals surface area contributed by atoms with Crippen molar-refractivity contribution in [3.8, 4) is 0 Å². The molecule has 0 radical (unpaired) electrons. The Kier molecular flexibility index (Phi) is 6.26. The van der Waals surface area contributed by atoms with E-state index in [1.165, 1.54) is 0 Å². The highest BCUT2D eigenvalue weighted by molar-refractivity contribution is 5.80. The van der Waals surface area contributed by atoms with Crippen LogP contribution in [-0.2, 0) is 0 Å². The van der Waals surface area contributed by atoms with Crippen LogP contribution in [0.15, 0.2) is 5.16 Å². The molecule has 78 valence electrons. The molecular formula is C8H19N3O2. The highest BCUT2D eigenvalue weighted by atomic mass is 16.4. The third-order valence-corrected chi connectivity index (χ3v) is 2.05. The number of hydrogen-bond donors (Lipinski definition) is 3. The van der Waals surface area contributed by atoms with Crippen molar-refractivity contribution in [1.29, 1.82) is 0 Å². The molecule has 5 nitrogen and oxygen atoms in total. The fourth-order valence-corrected chi connectivity index (χ4v) is 1.29. The summed E-state index contributed by atoms with van der Waals surface area (Å²) in [6.07, 6.45) is 0.518. The quantitative estimate of drug-likeness (QED) is 0.234. The molecule has 1 unspecified atom stereocenters. The van der Waals surface area contributed by atoms with E-state index in [9.17, 15) is 0 Å². The normalized spacial score (nSPS) is 14.9. The Morgan fingerprint density at radius 1 is 1.62 bits per heavy atom. The third kappa shape index (κ3) is 4.69. The van der Waals surface area contributed by atoms with Gasteiger partial charge in [0.1, 0.15) is 5.84 Å². The number of nitrogens with zero attached hydrogens (tertiary/aromatic N) is 2. The zero-order valence-electron chi connectivity index (χ0n) is 8.27. The minimum absolute atomic E-state index is 0.133. The Morgan fingerprint density at radius 2 is 2.23 bits per heavy atom. The molecule has 0 amide bonds. The maximum absolute atomic E-state index is 8.76. The lowest BCUT2D eigenvalue weighted by Crippen LogP contribution is -2.37. The van der Waals surface area contributed by atoms with Crippen LogP contribution in [-0.4, -0.2) is 46.8 Å². The SMILES string of the molecule is CCN(CCO)C(C)C/C(N)=N/O. The molecule has 0 heterocycles. The molecule has 5 heteroatoms. The molecule has 13 heavy (non-hydrogen) atoms. The van der Waals surface area contributed by atoms with E-state index in [2.05, 4.69) is 10.1 Å². The molecule has 0 fully saturated rings. The summed E-state index contributed by atoms with van der Waals surface area (Å²) >= 11 is 0. The van der Waals surface area contributed by atoms with Crippen molar-refractivity contribution in [2.45, 2.75) is 26.3 Å². The van der Waals surface area contributed by atoms with Crippen LogP contribution in [0.5, 0.6) is 0 Å².